The number of carbonyl (C=O) groups excluding carboxylic acids is 1. The number of aliphatic imine (C=N–C) groups is 1. The van der Waals surface area contributed by atoms with E-state index in [9.17, 15) is 9.18 Å². The molecule has 2 aromatic carbocycles. The van der Waals surface area contributed by atoms with Gasteiger partial charge in [0.05, 0.1) is 4.91 Å². The van der Waals surface area contributed by atoms with Gasteiger partial charge in [-0.2, -0.15) is 5.26 Å². The number of thioether (sulfide) groups is 1. The average molecular weight is 432 g/mol. The zero-order valence-electron chi connectivity index (χ0n) is 13.2. The molecule has 0 atom stereocenters. The highest BCUT2D eigenvalue weighted by Crippen LogP contribution is 2.26. The van der Waals surface area contributed by atoms with Crippen LogP contribution in [0, 0.1) is 17.3 Å². The van der Waals surface area contributed by atoms with Crippen molar-refractivity contribution in [1.82, 2.24) is 5.32 Å². The molecule has 0 aromatic heterocycles. The van der Waals surface area contributed by atoms with Gasteiger partial charge in [0.15, 0.2) is 5.17 Å². The molecule has 1 fully saturated rings. The van der Waals surface area contributed by atoms with Crippen molar-refractivity contribution >= 4 is 44.8 Å². The first-order chi connectivity index (χ1) is 12.5. The smallest absolute Gasteiger partial charge is 0.264 e. The molecule has 26 heavy (non-hydrogen) atoms. The van der Waals surface area contributed by atoms with E-state index in [4.69, 9.17) is 10.00 Å². The Morgan fingerprint density at radius 3 is 2.77 bits per heavy atom. The predicted molar refractivity (Wildman–Crippen MR) is 102 cm³/mol. The first-order valence-corrected chi connectivity index (χ1v) is 9.00. The van der Waals surface area contributed by atoms with E-state index >= 15 is 0 Å². The van der Waals surface area contributed by atoms with Crippen molar-refractivity contribution in [3.63, 3.8) is 0 Å². The number of nitriles is 1. The van der Waals surface area contributed by atoms with E-state index in [1.54, 1.807) is 48.7 Å². The van der Waals surface area contributed by atoms with Crippen LogP contribution in [0.5, 0.6) is 5.75 Å². The number of benzene rings is 2. The lowest BCUT2D eigenvalue weighted by atomic mass is 10.2. The molecule has 2 aromatic rings. The minimum absolute atomic E-state index is 0.117. The van der Waals surface area contributed by atoms with E-state index in [-0.39, 0.29) is 23.5 Å². The molecule has 0 radical (unpaired) electrons. The molecule has 1 aliphatic heterocycles. The van der Waals surface area contributed by atoms with Crippen molar-refractivity contribution in [3.05, 3.63) is 68.8 Å². The number of amidine groups is 1. The Hall–Kier alpha value is -2.63. The normalized spacial score (nSPS) is 16.6. The van der Waals surface area contributed by atoms with Crippen molar-refractivity contribution in [2.75, 3.05) is 0 Å². The van der Waals surface area contributed by atoms with Gasteiger partial charge in [0.25, 0.3) is 5.91 Å². The quantitative estimate of drug-likeness (QED) is 0.581. The molecule has 0 saturated carbocycles. The molecular weight excluding hydrogens is 421 g/mol. The fourth-order valence-electron chi connectivity index (χ4n) is 2.14. The molecule has 1 saturated heterocycles. The molecule has 0 bridgehead atoms. The summed E-state index contributed by atoms with van der Waals surface area (Å²) in [7, 11) is 0. The highest BCUT2D eigenvalue weighted by molar-refractivity contribution is 9.10. The number of amides is 1. The van der Waals surface area contributed by atoms with Gasteiger partial charge in [-0.3, -0.25) is 10.1 Å². The predicted octanol–water partition coefficient (Wildman–Crippen LogP) is 4.21. The summed E-state index contributed by atoms with van der Waals surface area (Å²) in [6, 6.07) is 11.9. The Balaban J connectivity index is 1.65. The van der Waals surface area contributed by atoms with E-state index in [0.29, 0.717) is 20.7 Å². The van der Waals surface area contributed by atoms with Gasteiger partial charge in [0, 0.05) is 10.0 Å². The van der Waals surface area contributed by atoms with Crippen LogP contribution < -0.4 is 10.1 Å². The Bertz CT molecular complexity index is 952. The van der Waals surface area contributed by atoms with E-state index < -0.39 is 0 Å². The second-order valence-corrected chi connectivity index (χ2v) is 7.12. The van der Waals surface area contributed by atoms with Crippen LogP contribution in [0.25, 0.3) is 6.08 Å². The lowest BCUT2D eigenvalue weighted by Crippen LogP contribution is -2.19. The SMILES string of the molecule is N#CN=C1NC(=O)C(=Cc2ccc(OCc3ccc(Br)cc3F)cc2)S1. The van der Waals surface area contributed by atoms with Gasteiger partial charge in [-0.15, -0.1) is 4.99 Å². The Labute approximate surface area is 161 Å². The highest BCUT2D eigenvalue weighted by atomic mass is 79.9. The maximum Gasteiger partial charge on any atom is 0.264 e. The summed E-state index contributed by atoms with van der Waals surface area (Å²) in [6.45, 7) is 0.117. The minimum atomic E-state index is -0.333. The fourth-order valence-corrected chi connectivity index (χ4v) is 3.25. The zero-order valence-corrected chi connectivity index (χ0v) is 15.6. The summed E-state index contributed by atoms with van der Waals surface area (Å²) in [5, 5.41) is 11.3. The Kier molecular flexibility index (Phi) is 5.71. The monoisotopic (exact) mass is 431 g/mol. The first kappa shape index (κ1) is 18.2. The third kappa shape index (κ3) is 4.50. The topological polar surface area (TPSA) is 74.5 Å². The average Bonchev–Trinajstić information content (AvgIpc) is 2.95. The zero-order chi connectivity index (χ0) is 18.5. The van der Waals surface area contributed by atoms with Gasteiger partial charge in [-0.25, -0.2) is 4.39 Å². The highest BCUT2D eigenvalue weighted by Gasteiger charge is 2.23. The van der Waals surface area contributed by atoms with Crippen LogP contribution in [0.15, 0.2) is 56.8 Å². The fraction of sp³-hybridized carbons (Fsp3) is 0.0556. The second-order valence-electron chi connectivity index (χ2n) is 5.18. The number of ether oxygens (including phenoxy) is 1. The van der Waals surface area contributed by atoms with E-state index in [1.807, 2.05) is 0 Å². The van der Waals surface area contributed by atoms with Gasteiger partial charge in [0.1, 0.15) is 18.2 Å². The molecular formula is C18H11BrFN3O2S. The molecule has 130 valence electrons. The molecule has 0 aliphatic carbocycles. The molecule has 1 N–H and O–H groups in total. The second kappa shape index (κ2) is 8.17. The molecule has 1 aliphatic rings. The summed E-state index contributed by atoms with van der Waals surface area (Å²) in [5.74, 6) is -0.0420. The summed E-state index contributed by atoms with van der Waals surface area (Å²) in [6.07, 6.45) is 3.33. The summed E-state index contributed by atoms with van der Waals surface area (Å²) < 4.78 is 20.0. The standard InChI is InChI=1S/C18H11BrFN3O2S/c19-13-4-3-12(15(20)8-13)9-25-14-5-1-11(2-6-14)7-16-17(24)23-18(26-16)22-10-21/h1-8H,9H2,(H,22,23,24). The minimum Gasteiger partial charge on any atom is -0.489 e. The van der Waals surface area contributed by atoms with Crippen molar-refractivity contribution in [1.29, 1.82) is 5.26 Å². The number of halogens is 2. The van der Waals surface area contributed by atoms with E-state index in [2.05, 4.69) is 26.2 Å². The molecule has 5 nitrogen and oxygen atoms in total. The Morgan fingerprint density at radius 2 is 2.08 bits per heavy atom. The van der Waals surface area contributed by atoms with Crippen LogP contribution >= 0.6 is 27.7 Å². The maximum atomic E-state index is 13.8. The van der Waals surface area contributed by atoms with Crippen molar-refractivity contribution in [2.45, 2.75) is 6.61 Å². The third-order valence-corrected chi connectivity index (χ3v) is 4.79. The molecule has 1 amide bonds. The van der Waals surface area contributed by atoms with Gasteiger partial charge < -0.3 is 4.74 Å². The molecule has 8 heteroatoms. The van der Waals surface area contributed by atoms with Gasteiger partial charge in [-0.1, -0.05) is 34.1 Å². The van der Waals surface area contributed by atoms with Crippen molar-refractivity contribution in [2.24, 2.45) is 4.99 Å². The molecule has 0 spiro atoms. The lowest BCUT2D eigenvalue weighted by Gasteiger charge is -2.08. The van der Waals surface area contributed by atoms with Crippen molar-refractivity contribution in [3.8, 4) is 11.9 Å². The van der Waals surface area contributed by atoms with Gasteiger partial charge in [-0.05, 0) is 47.7 Å². The number of carbonyl (C=O) groups is 1. The van der Waals surface area contributed by atoms with Gasteiger partial charge >= 0.3 is 0 Å². The lowest BCUT2D eigenvalue weighted by molar-refractivity contribution is -0.115. The summed E-state index contributed by atoms with van der Waals surface area (Å²) >= 11 is 4.32. The largest absolute Gasteiger partial charge is 0.489 e. The number of hydrogen-bond acceptors (Lipinski definition) is 5. The number of rotatable bonds is 4. The van der Waals surface area contributed by atoms with Crippen LogP contribution in [0.1, 0.15) is 11.1 Å². The van der Waals surface area contributed by atoms with Gasteiger partial charge in [0.2, 0.25) is 6.19 Å². The molecule has 0 unspecified atom stereocenters. The summed E-state index contributed by atoms with van der Waals surface area (Å²) in [5.41, 5.74) is 1.26. The summed E-state index contributed by atoms with van der Waals surface area (Å²) in [4.78, 5) is 15.7. The van der Waals surface area contributed by atoms with E-state index in [1.165, 1.54) is 6.07 Å². The van der Waals surface area contributed by atoms with Crippen LogP contribution in [0.2, 0.25) is 0 Å². The number of nitrogens with zero attached hydrogens (tertiary/aromatic N) is 2. The number of hydrogen-bond donors (Lipinski definition) is 1. The van der Waals surface area contributed by atoms with Crippen LogP contribution in [0.4, 0.5) is 4.39 Å². The van der Waals surface area contributed by atoms with Crippen LogP contribution in [-0.4, -0.2) is 11.1 Å². The molecule has 1 heterocycles. The van der Waals surface area contributed by atoms with Crippen LogP contribution in [-0.2, 0) is 11.4 Å². The maximum absolute atomic E-state index is 13.8. The van der Waals surface area contributed by atoms with E-state index in [0.717, 1.165) is 17.3 Å². The van der Waals surface area contributed by atoms with Crippen LogP contribution in [0.3, 0.4) is 0 Å². The van der Waals surface area contributed by atoms with Crippen molar-refractivity contribution < 1.29 is 13.9 Å². The third-order valence-electron chi connectivity index (χ3n) is 3.39. The first-order valence-electron chi connectivity index (χ1n) is 7.39. The number of nitrogens with one attached hydrogen (secondary N) is 1. The Morgan fingerprint density at radius 1 is 1.31 bits per heavy atom. The molecule has 3 rings (SSSR count).